The van der Waals surface area contributed by atoms with Crippen LogP contribution in [-0.4, -0.2) is 58.5 Å². The van der Waals surface area contributed by atoms with E-state index >= 15 is 0 Å². The molecule has 0 spiro atoms. The molecule has 1 fully saturated rings. The molecule has 1 aliphatic carbocycles. The fraction of sp³-hybridized carbons (Fsp3) is 0.875. The first-order valence-corrected chi connectivity index (χ1v) is 4.97. The molecule has 0 aromatic rings. The molecule has 71 valence electrons. The topological polar surface area (TPSA) is 49.3 Å². The smallest absolute Gasteiger partial charge is 0.321 e. The first kappa shape index (κ1) is 13.8. The van der Waals surface area contributed by atoms with E-state index in [2.05, 4.69) is 17.9 Å². The summed E-state index contributed by atoms with van der Waals surface area (Å²) in [5.41, 5.74) is 0. The zero-order valence-electron chi connectivity index (χ0n) is 7.99. The van der Waals surface area contributed by atoms with E-state index in [1.165, 1.54) is 12.8 Å². The molecule has 0 saturated heterocycles. The molecule has 1 radical (unpaired) electrons. The minimum absolute atomic E-state index is 0. The Bertz CT molecular complexity index is 162. The Kier molecular flexibility index (Phi) is 7.55. The fourth-order valence-electron chi connectivity index (χ4n) is 1.58. The number of rotatable bonds is 4. The van der Waals surface area contributed by atoms with Crippen LogP contribution in [0.15, 0.2) is 0 Å². The summed E-state index contributed by atoms with van der Waals surface area (Å²) in [5.74, 6) is -0.428. The van der Waals surface area contributed by atoms with Gasteiger partial charge in [-0.3, -0.25) is 4.79 Å². The number of hydrogen-bond donors (Lipinski definition) is 3. The van der Waals surface area contributed by atoms with Crippen LogP contribution in [0.25, 0.3) is 0 Å². The van der Waals surface area contributed by atoms with Crippen molar-refractivity contribution in [1.29, 1.82) is 0 Å². The van der Waals surface area contributed by atoms with Crippen molar-refractivity contribution in [2.45, 2.75) is 37.8 Å². The molecule has 1 saturated carbocycles. The maximum absolute atomic E-state index is 10.6. The zero-order chi connectivity index (χ0) is 8.97. The molecular formula is C8H15NNaO2S. The van der Waals surface area contributed by atoms with Crippen molar-refractivity contribution < 1.29 is 9.90 Å². The molecule has 2 N–H and O–H groups in total. The number of carboxylic acids is 1. The second-order valence-electron chi connectivity index (χ2n) is 3.22. The van der Waals surface area contributed by atoms with Crippen molar-refractivity contribution in [3.05, 3.63) is 0 Å². The summed E-state index contributed by atoms with van der Waals surface area (Å²) >= 11 is 3.98. The molecule has 0 aromatic carbocycles. The molecule has 1 unspecified atom stereocenters. The van der Waals surface area contributed by atoms with E-state index in [-0.39, 0.29) is 29.6 Å². The van der Waals surface area contributed by atoms with E-state index in [1.54, 1.807) is 0 Å². The van der Waals surface area contributed by atoms with Crippen LogP contribution < -0.4 is 5.32 Å². The molecule has 0 amide bonds. The molecule has 13 heavy (non-hydrogen) atoms. The number of carbonyl (C=O) groups is 1. The van der Waals surface area contributed by atoms with Gasteiger partial charge in [-0.1, -0.05) is 12.8 Å². The molecule has 1 aliphatic rings. The summed E-state index contributed by atoms with van der Waals surface area (Å²) in [5, 5.41) is 11.8. The number of thiol groups is 1. The van der Waals surface area contributed by atoms with Gasteiger partial charge in [0.25, 0.3) is 0 Å². The third-order valence-electron chi connectivity index (χ3n) is 2.27. The second kappa shape index (κ2) is 7.12. The number of nitrogens with one attached hydrogen (secondary N) is 1. The largest absolute Gasteiger partial charge is 0.480 e. The Morgan fingerprint density at radius 3 is 2.46 bits per heavy atom. The average molecular weight is 212 g/mol. The van der Waals surface area contributed by atoms with Gasteiger partial charge in [-0.15, -0.1) is 0 Å². The van der Waals surface area contributed by atoms with Gasteiger partial charge in [0.05, 0.1) is 0 Å². The van der Waals surface area contributed by atoms with Gasteiger partial charge in [0.1, 0.15) is 6.04 Å². The van der Waals surface area contributed by atoms with Crippen molar-refractivity contribution in [3.63, 3.8) is 0 Å². The van der Waals surface area contributed by atoms with E-state index in [9.17, 15) is 4.79 Å². The Morgan fingerprint density at radius 2 is 2.08 bits per heavy atom. The van der Waals surface area contributed by atoms with Gasteiger partial charge < -0.3 is 10.4 Å². The number of hydrogen-bond acceptors (Lipinski definition) is 3. The average Bonchev–Trinajstić information content (AvgIpc) is 2.51. The first-order valence-electron chi connectivity index (χ1n) is 4.33. The van der Waals surface area contributed by atoms with Gasteiger partial charge in [-0.25, -0.2) is 0 Å². The van der Waals surface area contributed by atoms with E-state index in [0.29, 0.717) is 11.8 Å². The summed E-state index contributed by atoms with van der Waals surface area (Å²) in [6, 6.07) is -0.0744. The van der Waals surface area contributed by atoms with Gasteiger partial charge in [-0.05, 0) is 12.8 Å². The van der Waals surface area contributed by atoms with Crippen LogP contribution in [0.3, 0.4) is 0 Å². The van der Waals surface area contributed by atoms with Crippen LogP contribution in [-0.2, 0) is 4.79 Å². The predicted octanol–water partition coefficient (Wildman–Crippen LogP) is 0.521. The van der Waals surface area contributed by atoms with Crippen molar-refractivity contribution in [2.75, 3.05) is 5.75 Å². The van der Waals surface area contributed by atoms with E-state index in [1.807, 2.05) is 0 Å². The van der Waals surface area contributed by atoms with E-state index < -0.39 is 12.0 Å². The Hall–Kier alpha value is 0.780. The molecular weight excluding hydrogens is 197 g/mol. The summed E-state index contributed by atoms with van der Waals surface area (Å²) in [4.78, 5) is 10.6. The summed E-state index contributed by atoms with van der Waals surface area (Å²) in [6.45, 7) is 0. The van der Waals surface area contributed by atoms with E-state index in [4.69, 9.17) is 5.11 Å². The Morgan fingerprint density at radius 1 is 1.54 bits per heavy atom. The third kappa shape index (κ3) is 4.70. The quantitative estimate of drug-likeness (QED) is 0.470. The van der Waals surface area contributed by atoms with Crippen LogP contribution >= 0.6 is 12.6 Å². The van der Waals surface area contributed by atoms with Gasteiger partial charge >= 0.3 is 5.97 Å². The van der Waals surface area contributed by atoms with Gasteiger partial charge in [-0.2, -0.15) is 12.6 Å². The van der Waals surface area contributed by atoms with Crippen molar-refractivity contribution in [3.8, 4) is 0 Å². The minimum Gasteiger partial charge on any atom is -0.480 e. The molecule has 0 bridgehead atoms. The summed E-state index contributed by atoms with van der Waals surface area (Å²) in [6.07, 6.45) is 4.66. The third-order valence-corrected chi connectivity index (χ3v) is 2.64. The van der Waals surface area contributed by atoms with Crippen molar-refractivity contribution >= 4 is 48.2 Å². The Labute approximate surface area is 106 Å². The first-order chi connectivity index (χ1) is 5.74. The van der Waals surface area contributed by atoms with Crippen LogP contribution in [0, 0.1) is 0 Å². The predicted molar refractivity (Wildman–Crippen MR) is 56.4 cm³/mol. The monoisotopic (exact) mass is 212 g/mol. The molecule has 0 heterocycles. The van der Waals surface area contributed by atoms with Gasteiger partial charge in [0, 0.05) is 41.4 Å². The maximum Gasteiger partial charge on any atom is 0.321 e. The second-order valence-corrected chi connectivity index (χ2v) is 3.59. The van der Waals surface area contributed by atoms with Gasteiger partial charge in [0.15, 0.2) is 0 Å². The SMILES string of the molecule is O=C(O)C(CS)NC1CCCC1.[Na]. The van der Waals surface area contributed by atoms with Crippen molar-refractivity contribution in [1.82, 2.24) is 5.32 Å². The molecule has 3 nitrogen and oxygen atoms in total. The molecule has 0 aliphatic heterocycles. The summed E-state index contributed by atoms with van der Waals surface area (Å²) < 4.78 is 0. The minimum atomic E-state index is -0.795. The fourth-order valence-corrected chi connectivity index (χ4v) is 1.84. The maximum atomic E-state index is 10.6. The van der Waals surface area contributed by atoms with Crippen LogP contribution in [0.5, 0.6) is 0 Å². The molecule has 5 heteroatoms. The molecule has 0 aromatic heterocycles. The number of carboxylic acid groups (broad SMARTS) is 1. The van der Waals surface area contributed by atoms with Crippen LogP contribution in [0.4, 0.5) is 0 Å². The van der Waals surface area contributed by atoms with Crippen LogP contribution in [0.2, 0.25) is 0 Å². The van der Waals surface area contributed by atoms with Crippen LogP contribution in [0.1, 0.15) is 25.7 Å². The molecule has 1 atom stereocenters. The standard InChI is InChI=1S/C8H15NO2S.Na/c10-8(11)7(5-12)9-6-3-1-2-4-6;/h6-7,9,12H,1-5H2,(H,10,11);. The number of aliphatic carboxylic acids is 1. The van der Waals surface area contributed by atoms with E-state index in [0.717, 1.165) is 12.8 Å². The summed E-state index contributed by atoms with van der Waals surface area (Å²) in [7, 11) is 0. The van der Waals surface area contributed by atoms with Gasteiger partial charge in [0.2, 0.25) is 0 Å². The molecule has 1 rings (SSSR count). The zero-order valence-corrected chi connectivity index (χ0v) is 10.9. The van der Waals surface area contributed by atoms with Crippen molar-refractivity contribution in [2.24, 2.45) is 0 Å². The Balaban J connectivity index is 0.00000144. The normalized spacial score (nSPS) is 19.5.